The standard InChI is InChI=1S/C16H29N3O/c1-16(2,3)17-11-13-12-20-15(18-13)19(4)14-9-7-5-6-8-10-14/h12,14,17H,5-11H2,1-4H3. The van der Waals surface area contributed by atoms with Gasteiger partial charge in [-0.1, -0.05) is 25.7 Å². The Morgan fingerprint density at radius 1 is 1.25 bits per heavy atom. The van der Waals surface area contributed by atoms with Crippen molar-refractivity contribution in [2.45, 2.75) is 77.4 Å². The van der Waals surface area contributed by atoms with E-state index in [0.717, 1.165) is 18.3 Å². The Labute approximate surface area is 122 Å². The predicted molar refractivity (Wildman–Crippen MR) is 83.0 cm³/mol. The van der Waals surface area contributed by atoms with Crippen LogP contribution >= 0.6 is 0 Å². The summed E-state index contributed by atoms with van der Waals surface area (Å²) in [5.41, 5.74) is 1.09. The zero-order valence-electron chi connectivity index (χ0n) is 13.4. The largest absolute Gasteiger partial charge is 0.432 e. The van der Waals surface area contributed by atoms with Crippen molar-refractivity contribution in [3.8, 4) is 0 Å². The summed E-state index contributed by atoms with van der Waals surface area (Å²) in [5, 5.41) is 3.44. The molecule has 0 amide bonds. The molecule has 1 N–H and O–H groups in total. The maximum absolute atomic E-state index is 5.66. The Bertz CT molecular complexity index is 400. The Kier molecular flexibility index (Phi) is 5.08. The molecule has 1 aliphatic carbocycles. The lowest BCUT2D eigenvalue weighted by Gasteiger charge is -2.25. The molecule has 4 nitrogen and oxygen atoms in total. The van der Waals surface area contributed by atoms with E-state index in [1.54, 1.807) is 6.26 Å². The molecule has 2 rings (SSSR count). The molecule has 0 bridgehead atoms. The first-order valence-electron chi connectivity index (χ1n) is 7.88. The minimum absolute atomic E-state index is 0.103. The van der Waals surface area contributed by atoms with Gasteiger partial charge in [0.2, 0.25) is 0 Å². The zero-order valence-corrected chi connectivity index (χ0v) is 13.4. The minimum atomic E-state index is 0.103. The molecule has 1 aliphatic rings. The number of anilines is 1. The Hall–Kier alpha value is -1.03. The molecule has 114 valence electrons. The van der Waals surface area contributed by atoms with Gasteiger partial charge in [-0.05, 0) is 33.6 Å². The van der Waals surface area contributed by atoms with Gasteiger partial charge in [0.1, 0.15) is 6.26 Å². The molecular formula is C16H29N3O. The molecule has 1 aromatic rings. The maximum Gasteiger partial charge on any atom is 0.297 e. The highest BCUT2D eigenvalue weighted by molar-refractivity contribution is 5.27. The van der Waals surface area contributed by atoms with E-state index in [4.69, 9.17) is 4.42 Å². The summed E-state index contributed by atoms with van der Waals surface area (Å²) in [6.07, 6.45) is 9.69. The lowest BCUT2D eigenvalue weighted by Crippen LogP contribution is -2.35. The third-order valence-corrected chi connectivity index (χ3v) is 4.01. The van der Waals surface area contributed by atoms with E-state index in [-0.39, 0.29) is 5.54 Å². The second kappa shape index (κ2) is 6.61. The Morgan fingerprint density at radius 3 is 2.50 bits per heavy atom. The van der Waals surface area contributed by atoms with Gasteiger partial charge in [0, 0.05) is 25.2 Å². The molecule has 4 heteroatoms. The van der Waals surface area contributed by atoms with Gasteiger partial charge in [-0.2, -0.15) is 4.98 Å². The maximum atomic E-state index is 5.66. The molecule has 0 radical (unpaired) electrons. The quantitative estimate of drug-likeness (QED) is 0.853. The zero-order chi connectivity index (χ0) is 14.6. The van der Waals surface area contributed by atoms with Crippen LogP contribution in [0.1, 0.15) is 65.0 Å². The topological polar surface area (TPSA) is 41.3 Å². The number of oxazole rings is 1. The van der Waals surface area contributed by atoms with E-state index in [2.05, 4.69) is 43.0 Å². The lowest BCUT2D eigenvalue weighted by atomic mass is 10.1. The highest BCUT2D eigenvalue weighted by atomic mass is 16.4. The van der Waals surface area contributed by atoms with Gasteiger partial charge in [-0.3, -0.25) is 0 Å². The highest BCUT2D eigenvalue weighted by Crippen LogP contribution is 2.25. The number of nitrogens with zero attached hydrogens (tertiary/aromatic N) is 2. The van der Waals surface area contributed by atoms with Crippen molar-refractivity contribution < 1.29 is 4.42 Å². The summed E-state index contributed by atoms with van der Waals surface area (Å²) in [4.78, 5) is 6.84. The molecule has 1 fully saturated rings. The molecular weight excluding hydrogens is 250 g/mol. The van der Waals surface area contributed by atoms with Crippen LogP contribution in [0.2, 0.25) is 0 Å². The first-order valence-corrected chi connectivity index (χ1v) is 7.88. The fourth-order valence-corrected chi connectivity index (χ4v) is 2.70. The van der Waals surface area contributed by atoms with E-state index in [0.29, 0.717) is 6.04 Å². The van der Waals surface area contributed by atoms with E-state index < -0.39 is 0 Å². The van der Waals surface area contributed by atoms with Crippen LogP contribution in [-0.2, 0) is 6.54 Å². The van der Waals surface area contributed by atoms with Crippen molar-refractivity contribution in [1.29, 1.82) is 0 Å². The van der Waals surface area contributed by atoms with Crippen LogP contribution in [-0.4, -0.2) is 23.6 Å². The predicted octanol–water partition coefficient (Wildman–Crippen LogP) is 3.72. The molecule has 1 saturated carbocycles. The molecule has 1 aromatic heterocycles. The highest BCUT2D eigenvalue weighted by Gasteiger charge is 2.21. The monoisotopic (exact) mass is 279 g/mol. The number of aromatic nitrogens is 1. The molecule has 20 heavy (non-hydrogen) atoms. The van der Waals surface area contributed by atoms with Gasteiger partial charge in [0.15, 0.2) is 0 Å². The first kappa shape index (κ1) is 15.4. The van der Waals surface area contributed by atoms with Gasteiger partial charge in [0.05, 0.1) is 5.69 Å². The third-order valence-electron chi connectivity index (χ3n) is 4.01. The second-order valence-electron chi connectivity index (χ2n) is 6.98. The summed E-state index contributed by atoms with van der Waals surface area (Å²) in [6, 6.07) is 1.35. The first-order chi connectivity index (χ1) is 9.46. The third kappa shape index (κ3) is 4.51. The Balaban J connectivity index is 1.93. The molecule has 0 atom stereocenters. The second-order valence-corrected chi connectivity index (χ2v) is 6.98. The lowest BCUT2D eigenvalue weighted by molar-refractivity contribution is 0.421. The van der Waals surface area contributed by atoms with Crippen molar-refractivity contribution in [3.63, 3.8) is 0 Å². The van der Waals surface area contributed by atoms with Crippen LogP contribution in [0.5, 0.6) is 0 Å². The van der Waals surface area contributed by atoms with E-state index in [1.165, 1.54) is 38.5 Å². The molecule has 0 aromatic carbocycles. The fourth-order valence-electron chi connectivity index (χ4n) is 2.70. The van der Waals surface area contributed by atoms with Gasteiger partial charge < -0.3 is 14.6 Å². The van der Waals surface area contributed by atoms with Crippen LogP contribution in [0.15, 0.2) is 10.7 Å². The van der Waals surface area contributed by atoms with Crippen molar-refractivity contribution in [3.05, 3.63) is 12.0 Å². The molecule has 0 aliphatic heterocycles. The van der Waals surface area contributed by atoms with Crippen LogP contribution in [0, 0.1) is 0 Å². The van der Waals surface area contributed by atoms with Gasteiger partial charge in [0.25, 0.3) is 6.01 Å². The summed E-state index contributed by atoms with van der Waals surface area (Å²) < 4.78 is 5.66. The van der Waals surface area contributed by atoms with E-state index >= 15 is 0 Å². The van der Waals surface area contributed by atoms with Gasteiger partial charge in [-0.15, -0.1) is 0 Å². The minimum Gasteiger partial charge on any atom is -0.432 e. The summed E-state index contributed by atoms with van der Waals surface area (Å²) in [7, 11) is 2.11. The van der Waals surface area contributed by atoms with Crippen molar-refractivity contribution in [2.75, 3.05) is 11.9 Å². The van der Waals surface area contributed by atoms with Crippen molar-refractivity contribution in [2.24, 2.45) is 0 Å². The van der Waals surface area contributed by atoms with Crippen LogP contribution in [0.3, 0.4) is 0 Å². The van der Waals surface area contributed by atoms with E-state index in [1.807, 2.05) is 0 Å². The number of rotatable bonds is 4. The van der Waals surface area contributed by atoms with Gasteiger partial charge in [-0.25, -0.2) is 0 Å². The number of nitrogens with one attached hydrogen (secondary N) is 1. The SMILES string of the molecule is CN(c1nc(CNC(C)(C)C)co1)C1CCCCCC1. The molecule has 0 spiro atoms. The molecule has 0 saturated heterocycles. The normalized spacial score (nSPS) is 18.0. The number of hydrogen-bond acceptors (Lipinski definition) is 4. The average molecular weight is 279 g/mol. The molecule has 1 heterocycles. The Morgan fingerprint density at radius 2 is 1.90 bits per heavy atom. The molecule has 0 unspecified atom stereocenters. The summed E-state index contributed by atoms with van der Waals surface area (Å²) in [6.45, 7) is 7.23. The summed E-state index contributed by atoms with van der Waals surface area (Å²) >= 11 is 0. The van der Waals surface area contributed by atoms with Gasteiger partial charge >= 0.3 is 0 Å². The van der Waals surface area contributed by atoms with E-state index in [9.17, 15) is 0 Å². The van der Waals surface area contributed by atoms with Crippen molar-refractivity contribution >= 4 is 6.01 Å². The van der Waals surface area contributed by atoms with Crippen molar-refractivity contribution in [1.82, 2.24) is 10.3 Å². The summed E-state index contributed by atoms with van der Waals surface area (Å²) in [5.74, 6) is 0. The van der Waals surface area contributed by atoms with Crippen LogP contribution in [0.25, 0.3) is 0 Å². The number of hydrogen-bond donors (Lipinski definition) is 1. The fraction of sp³-hybridized carbons (Fsp3) is 0.812. The smallest absolute Gasteiger partial charge is 0.297 e. The van der Waals surface area contributed by atoms with Crippen LogP contribution < -0.4 is 10.2 Å². The van der Waals surface area contributed by atoms with Crippen LogP contribution in [0.4, 0.5) is 6.01 Å². The average Bonchev–Trinajstić information content (AvgIpc) is 2.69.